The second kappa shape index (κ2) is 14.6. The van der Waals surface area contributed by atoms with Crippen LogP contribution in [0, 0.1) is 13.8 Å². The van der Waals surface area contributed by atoms with Crippen LogP contribution in [0.3, 0.4) is 0 Å². The lowest BCUT2D eigenvalue weighted by molar-refractivity contribution is -0.140. The molecule has 46 heavy (non-hydrogen) atoms. The van der Waals surface area contributed by atoms with Gasteiger partial charge in [0.15, 0.2) is 0 Å². The first-order valence-electron chi connectivity index (χ1n) is 15.2. The van der Waals surface area contributed by atoms with Gasteiger partial charge in [0, 0.05) is 18.5 Å². The minimum absolute atomic E-state index is 0.0529. The van der Waals surface area contributed by atoms with E-state index in [4.69, 9.17) is 4.74 Å². The summed E-state index contributed by atoms with van der Waals surface area (Å²) in [5.41, 5.74) is 3.14. The van der Waals surface area contributed by atoms with Crippen molar-refractivity contribution in [3.8, 4) is 5.75 Å². The smallest absolute Gasteiger partial charge is 0.264 e. The van der Waals surface area contributed by atoms with Crippen LogP contribution < -0.4 is 14.4 Å². The molecule has 0 saturated carbocycles. The van der Waals surface area contributed by atoms with E-state index in [0.29, 0.717) is 11.4 Å². The highest BCUT2D eigenvalue weighted by Crippen LogP contribution is 2.26. The summed E-state index contributed by atoms with van der Waals surface area (Å²) in [5, 5.41) is 3.05. The van der Waals surface area contributed by atoms with Crippen molar-refractivity contribution in [1.82, 2.24) is 10.2 Å². The highest BCUT2D eigenvalue weighted by Gasteiger charge is 2.35. The minimum Gasteiger partial charge on any atom is -0.497 e. The van der Waals surface area contributed by atoms with E-state index in [1.807, 2.05) is 89.2 Å². The number of hydrogen-bond donors (Lipinski definition) is 1. The molecule has 0 fully saturated rings. The first kappa shape index (κ1) is 34.2. The molecule has 4 rings (SSSR count). The van der Waals surface area contributed by atoms with Gasteiger partial charge in [-0.3, -0.25) is 13.9 Å². The number of carbonyl (C=O) groups is 2. The van der Waals surface area contributed by atoms with Crippen molar-refractivity contribution in [3.05, 3.63) is 125 Å². The minimum atomic E-state index is -4.17. The molecule has 0 spiro atoms. The van der Waals surface area contributed by atoms with E-state index in [9.17, 15) is 18.0 Å². The SMILES string of the molecule is COc1cccc(CN(C(=O)CN(c2cccc(C)c2)S(=O)(=O)c2ccc(C)cc2)[C@@H](Cc2ccccc2)C(=O)NC(C)(C)C)c1. The number of ether oxygens (including phenoxy) is 1. The van der Waals surface area contributed by atoms with E-state index in [1.54, 1.807) is 55.6 Å². The van der Waals surface area contributed by atoms with Crippen LogP contribution in [-0.2, 0) is 32.6 Å². The Morgan fingerprint density at radius 3 is 2.09 bits per heavy atom. The van der Waals surface area contributed by atoms with Crippen molar-refractivity contribution < 1.29 is 22.7 Å². The maximum absolute atomic E-state index is 14.6. The fourth-order valence-corrected chi connectivity index (χ4v) is 6.53. The summed E-state index contributed by atoms with van der Waals surface area (Å²) < 4.78 is 35.0. The highest BCUT2D eigenvalue weighted by atomic mass is 32.2. The molecule has 4 aromatic rings. The molecule has 0 aliphatic rings. The lowest BCUT2D eigenvalue weighted by Crippen LogP contribution is -2.56. The predicted octanol–water partition coefficient (Wildman–Crippen LogP) is 6.06. The maximum atomic E-state index is 14.6. The number of amides is 2. The van der Waals surface area contributed by atoms with Gasteiger partial charge in [0.25, 0.3) is 10.0 Å². The molecule has 1 atom stereocenters. The van der Waals surface area contributed by atoms with Gasteiger partial charge in [-0.2, -0.15) is 0 Å². The number of sulfonamides is 1. The molecule has 9 heteroatoms. The van der Waals surface area contributed by atoms with Gasteiger partial charge in [0.1, 0.15) is 18.3 Å². The Morgan fingerprint density at radius 1 is 0.804 bits per heavy atom. The second-order valence-corrected chi connectivity index (χ2v) is 14.3. The highest BCUT2D eigenvalue weighted by molar-refractivity contribution is 7.92. The number of rotatable bonds is 12. The van der Waals surface area contributed by atoms with Gasteiger partial charge in [-0.25, -0.2) is 8.42 Å². The summed E-state index contributed by atoms with van der Waals surface area (Å²) in [5.74, 6) is -0.256. The average molecular weight is 642 g/mol. The molecule has 0 saturated heterocycles. The third kappa shape index (κ3) is 8.97. The first-order chi connectivity index (χ1) is 21.8. The third-order valence-corrected chi connectivity index (χ3v) is 9.22. The summed E-state index contributed by atoms with van der Waals surface area (Å²) in [6, 6.07) is 29.4. The monoisotopic (exact) mass is 641 g/mol. The fourth-order valence-electron chi connectivity index (χ4n) is 5.12. The van der Waals surface area contributed by atoms with Gasteiger partial charge in [-0.05, 0) is 87.7 Å². The largest absolute Gasteiger partial charge is 0.497 e. The van der Waals surface area contributed by atoms with E-state index >= 15 is 0 Å². The molecular weight excluding hydrogens is 598 g/mol. The molecule has 1 N–H and O–H groups in total. The summed E-state index contributed by atoms with van der Waals surface area (Å²) in [6.45, 7) is 8.92. The Kier molecular flexibility index (Phi) is 10.9. The summed E-state index contributed by atoms with van der Waals surface area (Å²) >= 11 is 0. The van der Waals surface area contributed by atoms with Crippen molar-refractivity contribution >= 4 is 27.5 Å². The van der Waals surface area contributed by atoms with Crippen molar-refractivity contribution in [3.63, 3.8) is 0 Å². The van der Waals surface area contributed by atoms with Crippen molar-refractivity contribution in [2.24, 2.45) is 0 Å². The number of methoxy groups -OCH3 is 1. The standard InChI is InChI=1S/C37H43N3O5S/c1-27-18-20-33(21-19-27)46(43,44)40(31-16-10-12-28(2)22-31)26-35(41)39(25-30-15-11-17-32(23-30)45-6)34(36(42)38-37(3,4)5)24-29-13-8-7-9-14-29/h7-23,34H,24-26H2,1-6H3,(H,38,42)/t34-/m0/s1. The zero-order chi connectivity index (χ0) is 33.5. The van der Waals surface area contributed by atoms with Gasteiger partial charge in [-0.15, -0.1) is 0 Å². The number of nitrogens with zero attached hydrogens (tertiary/aromatic N) is 2. The molecule has 2 amide bonds. The second-order valence-electron chi connectivity index (χ2n) is 12.5. The zero-order valence-electron chi connectivity index (χ0n) is 27.4. The Labute approximate surface area is 273 Å². The molecule has 0 aliphatic carbocycles. The van der Waals surface area contributed by atoms with Crippen LogP contribution in [-0.4, -0.2) is 50.4 Å². The molecule has 0 unspecified atom stereocenters. The Bertz CT molecular complexity index is 1750. The number of anilines is 1. The van der Waals surface area contributed by atoms with Crippen LogP contribution in [0.25, 0.3) is 0 Å². The predicted molar refractivity (Wildman–Crippen MR) is 182 cm³/mol. The van der Waals surface area contributed by atoms with Gasteiger partial charge in [0.05, 0.1) is 17.7 Å². The Balaban J connectivity index is 1.83. The average Bonchev–Trinajstić information content (AvgIpc) is 3.01. The van der Waals surface area contributed by atoms with E-state index in [-0.39, 0.29) is 23.8 Å². The van der Waals surface area contributed by atoms with Gasteiger partial charge >= 0.3 is 0 Å². The normalized spacial score (nSPS) is 12.2. The van der Waals surface area contributed by atoms with Crippen LogP contribution in [0.1, 0.15) is 43.0 Å². The van der Waals surface area contributed by atoms with Crippen LogP contribution in [0.2, 0.25) is 0 Å². The third-order valence-electron chi connectivity index (χ3n) is 7.43. The number of aryl methyl sites for hydroxylation is 2. The van der Waals surface area contributed by atoms with Crippen LogP contribution in [0.5, 0.6) is 5.75 Å². The lowest BCUT2D eigenvalue weighted by atomic mass is 10.0. The molecule has 0 bridgehead atoms. The number of hydrogen-bond acceptors (Lipinski definition) is 5. The van der Waals surface area contributed by atoms with Crippen molar-refractivity contribution in [2.45, 2.75) is 64.1 Å². The molecule has 0 aromatic heterocycles. The van der Waals surface area contributed by atoms with E-state index < -0.39 is 34.1 Å². The van der Waals surface area contributed by atoms with Crippen molar-refractivity contribution in [1.29, 1.82) is 0 Å². The Morgan fingerprint density at radius 2 is 1.46 bits per heavy atom. The van der Waals surface area contributed by atoms with E-state index in [1.165, 1.54) is 4.90 Å². The molecule has 242 valence electrons. The zero-order valence-corrected chi connectivity index (χ0v) is 28.2. The van der Waals surface area contributed by atoms with Gasteiger partial charge < -0.3 is 15.0 Å². The summed E-state index contributed by atoms with van der Waals surface area (Å²) in [6.07, 6.45) is 0.230. The summed E-state index contributed by atoms with van der Waals surface area (Å²) in [4.78, 5) is 30.2. The molecule has 4 aromatic carbocycles. The van der Waals surface area contributed by atoms with E-state index in [0.717, 1.165) is 26.6 Å². The topological polar surface area (TPSA) is 96.0 Å². The first-order valence-corrected chi connectivity index (χ1v) is 16.7. The van der Waals surface area contributed by atoms with Crippen molar-refractivity contribution in [2.75, 3.05) is 18.0 Å². The van der Waals surface area contributed by atoms with Gasteiger partial charge in [0.2, 0.25) is 11.8 Å². The molecular formula is C37H43N3O5S. The fraction of sp³-hybridized carbons (Fsp3) is 0.297. The number of carbonyl (C=O) groups excluding carboxylic acids is 2. The molecule has 0 heterocycles. The summed E-state index contributed by atoms with van der Waals surface area (Å²) in [7, 11) is -2.61. The molecule has 0 radical (unpaired) electrons. The van der Waals surface area contributed by atoms with Gasteiger partial charge in [-0.1, -0.05) is 72.3 Å². The van der Waals surface area contributed by atoms with Crippen LogP contribution in [0.4, 0.5) is 5.69 Å². The van der Waals surface area contributed by atoms with Crippen LogP contribution in [0.15, 0.2) is 108 Å². The van der Waals surface area contributed by atoms with E-state index in [2.05, 4.69) is 5.32 Å². The number of nitrogens with one attached hydrogen (secondary N) is 1. The Hall–Kier alpha value is -4.63. The molecule has 0 aliphatic heterocycles. The molecule has 8 nitrogen and oxygen atoms in total. The maximum Gasteiger partial charge on any atom is 0.264 e. The number of benzene rings is 4. The lowest BCUT2D eigenvalue weighted by Gasteiger charge is -2.35. The van der Waals surface area contributed by atoms with Crippen LogP contribution >= 0.6 is 0 Å². The quantitative estimate of drug-likeness (QED) is 0.203.